The molecule has 0 atom stereocenters. The van der Waals surface area contributed by atoms with E-state index in [1.54, 1.807) is 6.07 Å². The lowest BCUT2D eigenvalue weighted by Crippen LogP contribution is -1.98. The summed E-state index contributed by atoms with van der Waals surface area (Å²) >= 11 is 0. The minimum atomic E-state index is -0.720. The number of anilines is 1. The maximum atomic E-state index is 10.9. The van der Waals surface area contributed by atoms with Gasteiger partial charge < -0.3 is 4.42 Å². The minimum absolute atomic E-state index is 0.0559. The summed E-state index contributed by atoms with van der Waals surface area (Å²) < 4.78 is 4.82. The maximum absolute atomic E-state index is 10.9. The van der Waals surface area contributed by atoms with Crippen LogP contribution in [0.3, 0.4) is 0 Å². The largest absolute Gasteiger partial charge is 0.472 e. The van der Waals surface area contributed by atoms with Gasteiger partial charge in [-0.15, -0.1) is 0 Å². The van der Waals surface area contributed by atoms with Crippen molar-refractivity contribution in [3.63, 3.8) is 0 Å². The summed E-state index contributed by atoms with van der Waals surface area (Å²) in [6, 6.07) is 4.90. The molecule has 0 saturated carbocycles. The number of nitrogens with zero attached hydrogens (tertiary/aromatic N) is 3. The fraction of sp³-hybridized carbons (Fsp3) is 0. The third kappa shape index (κ3) is 2.96. The van der Waals surface area contributed by atoms with Gasteiger partial charge in [-0.05, 0) is 12.1 Å². The van der Waals surface area contributed by atoms with Crippen molar-refractivity contribution in [1.29, 1.82) is 0 Å². The Labute approximate surface area is 111 Å². The SMILES string of the molecule is O=[N+]([O-])c1ccc(N/N=C\c2ccoc2)c([N+](=O)[O-])c1. The summed E-state index contributed by atoms with van der Waals surface area (Å²) in [6.07, 6.45) is 4.29. The summed E-state index contributed by atoms with van der Waals surface area (Å²) in [5, 5.41) is 25.2. The molecular formula is C11H8N4O5. The zero-order valence-corrected chi connectivity index (χ0v) is 9.92. The highest BCUT2D eigenvalue weighted by molar-refractivity contribution is 5.80. The molecule has 1 aromatic heterocycles. The molecule has 0 unspecified atom stereocenters. The van der Waals surface area contributed by atoms with Gasteiger partial charge >= 0.3 is 5.69 Å². The average Bonchev–Trinajstić information content (AvgIpc) is 2.91. The molecule has 102 valence electrons. The molecule has 2 aromatic rings. The van der Waals surface area contributed by atoms with Gasteiger partial charge in [0.25, 0.3) is 5.69 Å². The Morgan fingerprint density at radius 2 is 2.00 bits per heavy atom. The molecule has 2 rings (SSSR count). The number of hydrazone groups is 1. The number of non-ortho nitro benzene ring substituents is 1. The highest BCUT2D eigenvalue weighted by Crippen LogP contribution is 2.28. The van der Waals surface area contributed by atoms with Crippen LogP contribution in [0.4, 0.5) is 17.1 Å². The van der Waals surface area contributed by atoms with Crippen LogP contribution < -0.4 is 5.43 Å². The summed E-state index contributed by atoms with van der Waals surface area (Å²) in [5.41, 5.74) is 2.40. The third-order valence-electron chi connectivity index (χ3n) is 2.33. The lowest BCUT2D eigenvalue weighted by Gasteiger charge is -2.01. The Morgan fingerprint density at radius 1 is 1.20 bits per heavy atom. The standard InChI is InChI=1S/C11H8N4O5/c16-14(17)9-1-2-10(11(5-9)15(18)19)13-12-6-8-3-4-20-7-8/h1-7,13H/b12-6-. The molecule has 9 nitrogen and oxygen atoms in total. The molecule has 0 aliphatic rings. The van der Waals surface area contributed by atoms with Crippen LogP contribution in [0.2, 0.25) is 0 Å². The number of rotatable bonds is 5. The summed E-state index contributed by atoms with van der Waals surface area (Å²) in [6.45, 7) is 0. The smallest absolute Gasteiger partial charge is 0.301 e. The molecule has 9 heteroatoms. The maximum Gasteiger partial charge on any atom is 0.301 e. The average molecular weight is 276 g/mol. The van der Waals surface area contributed by atoms with Crippen LogP contribution in [0.15, 0.2) is 46.3 Å². The number of benzene rings is 1. The van der Waals surface area contributed by atoms with Gasteiger partial charge in [-0.3, -0.25) is 25.7 Å². The molecule has 0 spiro atoms. The predicted octanol–water partition coefficient (Wildman–Crippen LogP) is 2.54. The van der Waals surface area contributed by atoms with Gasteiger partial charge in [0, 0.05) is 11.6 Å². The van der Waals surface area contributed by atoms with Gasteiger partial charge in [-0.1, -0.05) is 0 Å². The van der Waals surface area contributed by atoms with Crippen molar-refractivity contribution in [3.8, 4) is 0 Å². The lowest BCUT2D eigenvalue weighted by molar-refractivity contribution is -0.393. The van der Waals surface area contributed by atoms with Gasteiger partial charge in [-0.2, -0.15) is 5.10 Å². The van der Waals surface area contributed by atoms with Crippen LogP contribution in [0.25, 0.3) is 0 Å². The van der Waals surface area contributed by atoms with Gasteiger partial charge in [0.1, 0.15) is 5.69 Å². The fourth-order valence-electron chi connectivity index (χ4n) is 1.40. The van der Waals surface area contributed by atoms with E-state index in [9.17, 15) is 20.2 Å². The van der Waals surface area contributed by atoms with E-state index in [1.165, 1.54) is 24.8 Å². The summed E-state index contributed by atoms with van der Waals surface area (Å²) in [7, 11) is 0. The lowest BCUT2D eigenvalue weighted by atomic mass is 10.2. The van der Waals surface area contributed by atoms with Crippen LogP contribution in [0.5, 0.6) is 0 Å². The van der Waals surface area contributed by atoms with E-state index in [1.807, 2.05) is 0 Å². The molecule has 0 aliphatic heterocycles. The van der Waals surface area contributed by atoms with Crippen molar-refractivity contribution < 1.29 is 14.3 Å². The molecular weight excluding hydrogens is 268 g/mol. The molecule has 0 bridgehead atoms. The second-order valence-corrected chi connectivity index (χ2v) is 3.64. The molecule has 0 fully saturated rings. The Morgan fingerprint density at radius 3 is 2.60 bits per heavy atom. The van der Waals surface area contributed by atoms with E-state index in [4.69, 9.17) is 4.42 Å². The number of hydrogen-bond acceptors (Lipinski definition) is 7. The van der Waals surface area contributed by atoms with Crippen molar-refractivity contribution in [2.75, 3.05) is 5.43 Å². The number of nitro groups is 2. The first-order valence-corrected chi connectivity index (χ1v) is 5.32. The van der Waals surface area contributed by atoms with Crippen molar-refractivity contribution in [2.45, 2.75) is 0 Å². The Kier molecular flexibility index (Phi) is 3.70. The highest BCUT2D eigenvalue weighted by atomic mass is 16.6. The van der Waals surface area contributed by atoms with Gasteiger partial charge in [-0.25, -0.2) is 0 Å². The fourth-order valence-corrected chi connectivity index (χ4v) is 1.40. The topological polar surface area (TPSA) is 124 Å². The molecule has 1 heterocycles. The Hall–Kier alpha value is -3.23. The number of hydrogen-bond donors (Lipinski definition) is 1. The second-order valence-electron chi connectivity index (χ2n) is 3.64. The van der Waals surface area contributed by atoms with Gasteiger partial charge in [0.15, 0.2) is 0 Å². The Balaban J connectivity index is 2.22. The quantitative estimate of drug-likeness (QED) is 0.508. The Bertz CT molecular complexity index is 665. The van der Waals surface area contributed by atoms with E-state index < -0.39 is 15.5 Å². The third-order valence-corrected chi connectivity index (χ3v) is 2.33. The molecule has 1 N–H and O–H groups in total. The first-order chi connectivity index (χ1) is 9.58. The monoisotopic (exact) mass is 276 g/mol. The molecule has 0 amide bonds. The highest BCUT2D eigenvalue weighted by Gasteiger charge is 2.18. The van der Waals surface area contributed by atoms with Crippen LogP contribution in [0.1, 0.15) is 5.56 Å². The first-order valence-electron chi connectivity index (χ1n) is 5.32. The second kappa shape index (κ2) is 5.61. The molecule has 1 aromatic carbocycles. The van der Waals surface area contributed by atoms with E-state index in [-0.39, 0.29) is 11.4 Å². The number of furan rings is 1. The van der Waals surface area contributed by atoms with Gasteiger partial charge in [0.05, 0.1) is 34.7 Å². The van der Waals surface area contributed by atoms with Crippen LogP contribution >= 0.6 is 0 Å². The zero-order chi connectivity index (χ0) is 14.5. The molecule has 0 radical (unpaired) electrons. The number of nitrogens with one attached hydrogen (secondary N) is 1. The molecule has 20 heavy (non-hydrogen) atoms. The first kappa shape index (κ1) is 13.2. The molecule has 0 aliphatic carbocycles. The normalized spacial score (nSPS) is 10.6. The van der Waals surface area contributed by atoms with E-state index in [0.717, 1.165) is 12.1 Å². The van der Waals surface area contributed by atoms with Crippen molar-refractivity contribution >= 4 is 23.3 Å². The van der Waals surface area contributed by atoms with Crippen molar-refractivity contribution in [3.05, 3.63) is 62.6 Å². The summed E-state index contributed by atoms with van der Waals surface area (Å²) in [4.78, 5) is 20.0. The van der Waals surface area contributed by atoms with Crippen molar-refractivity contribution in [2.24, 2.45) is 5.10 Å². The summed E-state index contributed by atoms with van der Waals surface area (Å²) in [5.74, 6) is 0. The zero-order valence-electron chi connectivity index (χ0n) is 9.92. The van der Waals surface area contributed by atoms with Crippen LogP contribution in [-0.4, -0.2) is 16.1 Å². The van der Waals surface area contributed by atoms with Crippen molar-refractivity contribution in [1.82, 2.24) is 0 Å². The minimum Gasteiger partial charge on any atom is -0.472 e. The number of nitro benzene ring substituents is 2. The van der Waals surface area contributed by atoms with Gasteiger partial charge in [0.2, 0.25) is 0 Å². The van der Waals surface area contributed by atoms with E-state index >= 15 is 0 Å². The van der Waals surface area contributed by atoms with E-state index in [0.29, 0.717) is 5.56 Å². The molecule has 0 saturated heterocycles. The van der Waals surface area contributed by atoms with Crippen LogP contribution in [-0.2, 0) is 0 Å². The van der Waals surface area contributed by atoms with Crippen LogP contribution in [0, 0.1) is 20.2 Å². The predicted molar refractivity (Wildman–Crippen MR) is 69.7 cm³/mol. The van der Waals surface area contributed by atoms with E-state index in [2.05, 4.69) is 10.5 Å².